The number of aromatic hydroxyl groups is 1. The maximum absolute atomic E-state index is 13.3. The van der Waals surface area contributed by atoms with Crippen LogP contribution in [-0.2, 0) is 21.2 Å². The fourth-order valence-electron chi connectivity index (χ4n) is 3.36. The van der Waals surface area contributed by atoms with Gasteiger partial charge >= 0.3 is 0 Å². The van der Waals surface area contributed by atoms with E-state index in [0.717, 1.165) is 9.87 Å². The minimum Gasteiger partial charge on any atom is -0.504 e. The predicted octanol–water partition coefficient (Wildman–Crippen LogP) is 3.18. The van der Waals surface area contributed by atoms with Crippen LogP contribution in [0, 0.1) is 0 Å². The fraction of sp³-hybridized carbons (Fsp3) is 0.231. The molecule has 36 heavy (non-hydrogen) atoms. The molecular weight excluding hydrogens is 482 g/mol. The van der Waals surface area contributed by atoms with E-state index in [1.165, 1.54) is 25.5 Å². The summed E-state index contributed by atoms with van der Waals surface area (Å²) in [5.74, 6) is 0.0831. The molecule has 0 spiro atoms. The van der Waals surface area contributed by atoms with E-state index in [4.69, 9.17) is 9.47 Å². The van der Waals surface area contributed by atoms with Gasteiger partial charge in [-0.15, -0.1) is 0 Å². The van der Waals surface area contributed by atoms with Crippen LogP contribution in [0.4, 0.5) is 0 Å². The third kappa shape index (κ3) is 7.06. The molecule has 2 N–H and O–H groups in total. The smallest absolute Gasteiger partial charge is 0.255 e. The highest BCUT2D eigenvalue weighted by Gasteiger charge is 2.26. The Morgan fingerprint density at radius 2 is 1.78 bits per heavy atom. The summed E-state index contributed by atoms with van der Waals surface area (Å²) in [6.45, 7) is 1.83. The largest absolute Gasteiger partial charge is 0.504 e. The van der Waals surface area contributed by atoms with E-state index in [-0.39, 0.29) is 17.2 Å². The molecule has 0 aliphatic heterocycles. The zero-order chi connectivity index (χ0) is 26.0. The van der Waals surface area contributed by atoms with Crippen molar-refractivity contribution in [1.82, 2.24) is 9.73 Å². The first-order chi connectivity index (χ1) is 17.3. The Morgan fingerprint density at radius 1 is 1.06 bits per heavy atom. The summed E-state index contributed by atoms with van der Waals surface area (Å²) in [6.07, 6.45) is 1.69. The van der Waals surface area contributed by atoms with Crippen molar-refractivity contribution in [2.45, 2.75) is 18.2 Å². The second-order valence-corrected chi connectivity index (χ2v) is 9.61. The molecule has 3 aromatic carbocycles. The average molecular weight is 512 g/mol. The Kier molecular flexibility index (Phi) is 9.43. The molecule has 0 aromatic heterocycles. The van der Waals surface area contributed by atoms with Crippen LogP contribution in [0.5, 0.6) is 17.2 Å². The number of phenols is 1. The molecule has 0 aliphatic rings. The molecular formula is C26H29N3O6S. The minimum absolute atomic E-state index is 0.0466. The third-order valence-corrected chi connectivity index (χ3v) is 7.09. The Morgan fingerprint density at radius 3 is 2.44 bits per heavy atom. The van der Waals surface area contributed by atoms with Crippen LogP contribution in [0.15, 0.2) is 82.8 Å². The first-order valence-electron chi connectivity index (χ1n) is 11.3. The van der Waals surface area contributed by atoms with Gasteiger partial charge in [-0.1, -0.05) is 36.4 Å². The highest BCUT2D eigenvalue weighted by molar-refractivity contribution is 7.89. The lowest BCUT2D eigenvalue weighted by molar-refractivity contribution is -0.121. The fourth-order valence-corrected chi connectivity index (χ4v) is 4.76. The molecule has 190 valence electrons. The summed E-state index contributed by atoms with van der Waals surface area (Å²) in [6, 6.07) is 20.3. The summed E-state index contributed by atoms with van der Waals surface area (Å²) in [7, 11) is -2.49. The van der Waals surface area contributed by atoms with Crippen molar-refractivity contribution in [3.05, 3.63) is 83.9 Å². The lowest BCUT2D eigenvalue weighted by Gasteiger charge is -2.21. The van der Waals surface area contributed by atoms with Crippen molar-refractivity contribution in [1.29, 1.82) is 0 Å². The monoisotopic (exact) mass is 511 g/mol. The van der Waals surface area contributed by atoms with Gasteiger partial charge in [0.15, 0.2) is 11.5 Å². The van der Waals surface area contributed by atoms with Crippen LogP contribution < -0.4 is 14.9 Å². The molecule has 0 unspecified atom stereocenters. The summed E-state index contributed by atoms with van der Waals surface area (Å²) in [4.78, 5) is 12.7. The number of para-hydroxylation sites is 1. The Labute approximate surface area is 211 Å². The minimum atomic E-state index is -3.98. The number of carbonyl (C=O) groups is 1. The van der Waals surface area contributed by atoms with Crippen molar-refractivity contribution in [3.8, 4) is 17.2 Å². The van der Waals surface area contributed by atoms with Crippen molar-refractivity contribution < 1.29 is 27.8 Å². The highest BCUT2D eigenvalue weighted by atomic mass is 32.2. The zero-order valence-corrected chi connectivity index (χ0v) is 20.9. The Bertz CT molecular complexity index is 1280. The molecule has 1 amide bonds. The molecule has 0 saturated carbocycles. The number of amides is 1. The first-order valence-corrected chi connectivity index (χ1v) is 12.7. The van der Waals surface area contributed by atoms with E-state index in [0.29, 0.717) is 30.1 Å². The van der Waals surface area contributed by atoms with E-state index < -0.39 is 22.5 Å². The number of sulfonamides is 1. The van der Waals surface area contributed by atoms with Crippen molar-refractivity contribution >= 4 is 22.1 Å². The first kappa shape index (κ1) is 26.7. The van der Waals surface area contributed by atoms with Gasteiger partial charge < -0.3 is 14.6 Å². The van der Waals surface area contributed by atoms with E-state index in [9.17, 15) is 18.3 Å². The van der Waals surface area contributed by atoms with Crippen molar-refractivity contribution in [2.75, 3.05) is 26.8 Å². The normalized spacial score (nSPS) is 11.5. The Hall–Kier alpha value is -3.89. The maximum atomic E-state index is 13.3. The number of rotatable bonds is 12. The van der Waals surface area contributed by atoms with Crippen LogP contribution in [0.3, 0.4) is 0 Å². The Balaban J connectivity index is 1.75. The number of nitrogens with one attached hydrogen (secondary N) is 1. The average Bonchev–Trinajstić information content (AvgIpc) is 2.89. The molecule has 0 saturated heterocycles. The van der Waals surface area contributed by atoms with E-state index in [1.807, 2.05) is 30.3 Å². The SMILES string of the molecule is CCOc1cccc(/C=N\NC(=O)CN(CCc2ccccc2)S(=O)(=O)c2ccc(OC)cc2)c1O. The van der Waals surface area contributed by atoms with Gasteiger partial charge in [0.25, 0.3) is 5.91 Å². The van der Waals surface area contributed by atoms with Crippen molar-refractivity contribution in [3.63, 3.8) is 0 Å². The summed E-state index contributed by atoms with van der Waals surface area (Å²) in [5, 5.41) is 14.1. The lowest BCUT2D eigenvalue weighted by Crippen LogP contribution is -2.40. The second-order valence-electron chi connectivity index (χ2n) is 7.67. The number of methoxy groups -OCH3 is 1. The topological polar surface area (TPSA) is 118 Å². The van der Waals surface area contributed by atoms with Gasteiger partial charge in [-0.05, 0) is 55.3 Å². The van der Waals surface area contributed by atoms with Gasteiger partial charge in [-0.2, -0.15) is 9.41 Å². The quantitative estimate of drug-likeness (QED) is 0.285. The number of benzene rings is 3. The zero-order valence-electron chi connectivity index (χ0n) is 20.1. The van der Waals surface area contributed by atoms with E-state index in [1.54, 1.807) is 37.3 Å². The number of hydrazone groups is 1. The van der Waals surface area contributed by atoms with Gasteiger partial charge in [0.05, 0.1) is 31.4 Å². The molecule has 3 rings (SSSR count). The van der Waals surface area contributed by atoms with Gasteiger partial charge in [0.2, 0.25) is 10.0 Å². The molecule has 3 aromatic rings. The van der Waals surface area contributed by atoms with Crippen LogP contribution in [-0.4, -0.2) is 56.8 Å². The van der Waals surface area contributed by atoms with Gasteiger partial charge in [-0.3, -0.25) is 4.79 Å². The summed E-state index contributed by atoms with van der Waals surface area (Å²) in [5.41, 5.74) is 3.61. The molecule has 0 bridgehead atoms. The molecule has 0 aliphatic carbocycles. The van der Waals surface area contributed by atoms with Gasteiger partial charge in [-0.25, -0.2) is 13.8 Å². The predicted molar refractivity (Wildman–Crippen MR) is 137 cm³/mol. The van der Waals surface area contributed by atoms with Crippen LogP contribution in [0.1, 0.15) is 18.1 Å². The lowest BCUT2D eigenvalue weighted by atomic mass is 10.1. The molecule has 0 fully saturated rings. The van der Waals surface area contributed by atoms with Crippen LogP contribution in [0.25, 0.3) is 0 Å². The van der Waals surface area contributed by atoms with Gasteiger partial charge in [0.1, 0.15) is 5.75 Å². The molecule has 0 heterocycles. The molecule has 9 nitrogen and oxygen atoms in total. The number of hydrogen-bond acceptors (Lipinski definition) is 7. The molecule has 0 radical (unpaired) electrons. The standard InChI is InChI=1S/C26H29N3O6S/c1-3-35-24-11-7-10-21(26(24)31)18-27-28-25(30)19-29(17-16-20-8-5-4-6-9-20)36(32,33)23-14-12-22(34-2)13-15-23/h4-15,18,31H,3,16-17,19H2,1-2H3,(H,28,30)/b27-18-. The maximum Gasteiger partial charge on any atom is 0.255 e. The summed E-state index contributed by atoms with van der Waals surface area (Å²) < 4.78 is 38.2. The highest BCUT2D eigenvalue weighted by Crippen LogP contribution is 2.28. The second kappa shape index (κ2) is 12.7. The number of phenolic OH excluding ortho intramolecular Hbond substituents is 1. The number of carbonyl (C=O) groups excluding carboxylic acids is 1. The number of ether oxygens (including phenoxy) is 2. The van der Waals surface area contributed by atoms with Crippen molar-refractivity contribution in [2.24, 2.45) is 5.10 Å². The number of nitrogens with zero attached hydrogens (tertiary/aromatic N) is 2. The van der Waals surface area contributed by atoms with E-state index >= 15 is 0 Å². The van der Waals surface area contributed by atoms with E-state index in [2.05, 4.69) is 10.5 Å². The van der Waals surface area contributed by atoms with Crippen LogP contribution in [0.2, 0.25) is 0 Å². The molecule has 0 atom stereocenters. The molecule has 10 heteroatoms. The third-order valence-electron chi connectivity index (χ3n) is 5.23. The summed E-state index contributed by atoms with van der Waals surface area (Å²) >= 11 is 0. The van der Waals surface area contributed by atoms with Crippen LogP contribution >= 0.6 is 0 Å². The number of hydrogen-bond donors (Lipinski definition) is 2. The van der Waals surface area contributed by atoms with Gasteiger partial charge in [0, 0.05) is 12.1 Å².